The second-order valence-corrected chi connectivity index (χ2v) is 4.82. The molecule has 3 nitrogen and oxygen atoms in total. The van der Waals surface area contributed by atoms with E-state index in [4.69, 9.17) is 5.73 Å². The molecule has 0 bridgehead atoms. The van der Waals surface area contributed by atoms with E-state index in [1.807, 2.05) is 6.92 Å². The number of carbonyl (C=O) groups is 1. The number of piperidine rings is 1. The summed E-state index contributed by atoms with van der Waals surface area (Å²) >= 11 is 0. The van der Waals surface area contributed by atoms with Gasteiger partial charge in [0.15, 0.2) is 0 Å². The molecule has 0 aromatic carbocycles. The van der Waals surface area contributed by atoms with Crippen LogP contribution in [0.4, 0.5) is 0 Å². The molecule has 76 valence electrons. The summed E-state index contributed by atoms with van der Waals surface area (Å²) in [5, 5.41) is 0. The van der Waals surface area contributed by atoms with E-state index in [2.05, 4.69) is 18.7 Å². The Hall–Kier alpha value is -0.570. The lowest BCUT2D eigenvalue weighted by Gasteiger charge is -2.40. The molecule has 1 rings (SSSR count). The van der Waals surface area contributed by atoms with Gasteiger partial charge < -0.3 is 5.73 Å². The summed E-state index contributed by atoms with van der Waals surface area (Å²) in [4.78, 5) is 13.2. The van der Waals surface area contributed by atoms with Crippen LogP contribution >= 0.6 is 0 Å². The van der Waals surface area contributed by atoms with E-state index in [1.165, 1.54) is 12.8 Å². The predicted octanol–water partition coefficient (Wildman–Crippen LogP) is 0.982. The Morgan fingerprint density at radius 1 is 1.54 bits per heavy atom. The van der Waals surface area contributed by atoms with Crippen molar-refractivity contribution in [3.05, 3.63) is 0 Å². The molecule has 13 heavy (non-hydrogen) atoms. The Labute approximate surface area is 80.3 Å². The highest BCUT2D eigenvalue weighted by Gasteiger charge is 2.30. The highest BCUT2D eigenvalue weighted by molar-refractivity contribution is 5.79. The van der Waals surface area contributed by atoms with Crippen LogP contribution in [0.25, 0.3) is 0 Å². The molecular formula is C10H20N2O. The minimum absolute atomic E-state index is 0.112. The van der Waals surface area contributed by atoms with Crippen molar-refractivity contribution >= 4 is 5.91 Å². The molecule has 0 aliphatic carbocycles. The van der Waals surface area contributed by atoms with Gasteiger partial charge in [-0.15, -0.1) is 0 Å². The van der Waals surface area contributed by atoms with Crippen LogP contribution in [-0.2, 0) is 4.79 Å². The van der Waals surface area contributed by atoms with Gasteiger partial charge in [0.1, 0.15) is 0 Å². The summed E-state index contributed by atoms with van der Waals surface area (Å²) in [7, 11) is 0. The number of amides is 1. The normalized spacial score (nSPS) is 25.5. The highest BCUT2D eigenvalue weighted by atomic mass is 16.1. The molecule has 1 aliphatic rings. The lowest BCUT2D eigenvalue weighted by molar-refractivity contribution is -0.123. The molecule has 2 N–H and O–H groups in total. The maximum atomic E-state index is 11.0. The molecule has 0 saturated carbocycles. The molecular weight excluding hydrogens is 164 g/mol. The fourth-order valence-corrected chi connectivity index (χ4v) is 1.98. The molecule has 0 aromatic heterocycles. The summed E-state index contributed by atoms with van der Waals surface area (Å²) in [6, 6.07) is -0.112. The first kappa shape index (κ1) is 10.5. The Bertz CT molecular complexity index is 201. The molecule has 0 radical (unpaired) electrons. The van der Waals surface area contributed by atoms with E-state index in [1.54, 1.807) is 0 Å². The monoisotopic (exact) mass is 184 g/mol. The topological polar surface area (TPSA) is 46.3 Å². The third-order valence-electron chi connectivity index (χ3n) is 2.89. The molecule has 3 heteroatoms. The fourth-order valence-electron chi connectivity index (χ4n) is 1.98. The van der Waals surface area contributed by atoms with Crippen molar-refractivity contribution in [1.82, 2.24) is 4.90 Å². The van der Waals surface area contributed by atoms with E-state index in [0.717, 1.165) is 13.1 Å². The quantitative estimate of drug-likeness (QED) is 0.695. The molecule has 1 saturated heterocycles. The van der Waals surface area contributed by atoms with Gasteiger partial charge in [0.05, 0.1) is 6.04 Å². The molecule has 1 unspecified atom stereocenters. The van der Waals surface area contributed by atoms with E-state index in [0.29, 0.717) is 5.41 Å². The van der Waals surface area contributed by atoms with Crippen LogP contribution in [0.5, 0.6) is 0 Å². The zero-order valence-electron chi connectivity index (χ0n) is 8.84. The van der Waals surface area contributed by atoms with Crippen LogP contribution in [-0.4, -0.2) is 29.9 Å². The number of primary amides is 1. The van der Waals surface area contributed by atoms with Gasteiger partial charge in [0, 0.05) is 6.54 Å². The van der Waals surface area contributed by atoms with Crippen LogP contribution in [0.1, 0.15) is 33.6 Å². The van der Waals surface area contributed by atoms with Gasteiger partial charge in [-0.1, -0.05) is 13.8 Å². The van der Waals surface area contributed by atoms with Crippen molar-refractivity contribution in [2.24, 2.45) is 11.1 Å². The zero-order chi connectivity index (χ0) is 10.1. The van der Waals surface area contributed by atoms with Gasteiger partial charge in [-0.05, 0) is 31.7 Å². The van der Waals surface area contributed by atoms with Gasteiger partial charge in [-0.25, -0.2) is 0 Å². The molecule has 1 aliphatic heterocycles. The summed E-state index contributed by atoms with van der Waals surface area (Å²) < 4.78 is 0. The molecule has 1 heterocycles. The van der Waals surface area contributed by atoms with Gasteiger partial charge in [-0.3, -0.25) is 9.69 Å². The molecule has 0 spiro atoms. The second-order valence-electron chi connectivity index (χ2n) is 4.82. The number of likely N-dealkylation sites (tertiary alicyclic amines) is 1. The van der Waals surface area contributed by atoms with E-state index in [-0.39, 0.29) is 11.9 Å². The number of hydrogen-bond donors (Lipinski definition) is 1. The van der Waals surface area contributed by atoms with Crippen LogP contribution in [0, 0.1) is 5.41 Å². The van der Waals surface area contributed by atoms with Crippen molar-refractivity contribution in [3.63, 3.8) is 0 Å². The minimum Gasteiger partial charge on any atom is -0.368 e. The Balaban J connectivity index is 2.56. The first-order valence-electron chi connectivity index (χ1n) is 4.96. The Kier molecular flexibility index (Phi) is 2.96. The average Bonchev–Trinajstić information content (AvgIpc) is 2.01. The van der Waals surface area contributed by atoms with Crippen molar-refractivity contribution in [3.8, 4) is 0 Å². The molecule has 1 fully saturated rings. The maximum absolute atomic E-state index is 11.0. The number of nitrogens with zero attached hydrogens (tertiary/aromatic N) is 1. The number of carbonyl (C=O) groups excluding carboxylic acids is 1. The Morgan fingerprint density at radius 3 is 2.62 bits per heavy atom. The summed E-state index contributed by atoms with van der Waals surface area (Å²) in [5.74, 6) is -0.210. The minimum atomic E-state index is -0.210. The van der Waals surface area contributed by atoms with Crippen LogP contribution < -0.4 is 5.73 Å². The standard InChI is InChI=1S/C10H20N2O/c1-8(9(11)13)12-6-4-5-10(2,3)7-12/h8H,4-7H2,1-3H3,(H2,11,13). The van der Waals surface area contributed by atoms with Crippen molar-refractivity contribution in [1.29, 1.82) is 0 Å². The van der Waals surface area contributed by atoms with E-state index >= 15 is 0 Å². The summed E-state index contributed by atoms with van der Waals surface area (Å²) in [6.07, 6.45) is 2.42. The van der Waals surface area contributed by atoms with Crippen LogP contribution in [0.3, 0.4) is 0 Å². The summed E-state index contributed by atoms with van der Waals surface area (Å²) in [5.41, 5.74) is 5.61. The van der Waals surface area contributed by atoms with Crippen molar-refractivity contribution in [2.75, 3.05) is 13.1 Å². The number of nitrogens with two attached hydrogens (primary N) is 1. The van der Waals surface area contributed by atoms with Gasteiger partial charge in [0.2, 0.25) is 5.91 Å². The lowest BCUT2D eigenvalue weighted by Crippen LogP contribution is -2.49. The second kappa shape index (κ2) is 3.66. The van der Waals surface area contributed by atoms with Crippen LogP contribution in [0.2, 0.25) is 0 Å². The lowest BCUT2D eigenvalue weighted by atomic mass is 9.83. The Morgan fingerprint density at radius 2 is 2.15 bits per heavy atom. The molecule has 1 amide bonds. The van der Waals surface area contributed by atoms with E-state index < -0.39 is 0 Å². The summed E-state index contributed by atoms with van der Waals surface area (Å²) in [6.45, 7) is 8.37. The third-order valence-corrected chi connectivity index (χ3v) is 2.89. The van der Waals surface area contributed by atoms with Gasteiger partial charge in [0.25, 0.3) is 0 Å². The molecule has 0 aromatic rings. The smallest absolute Gasteiger partial charge is 0.234 e. The first-order valence-corrected chi connectivity index (χ1v) is 4.96. The van der Waals surface area contributed by atoms with Gasteiger partial charge >= 0.3 is 0 Å². The van der Waals surface area contributed by atoms with Crippen molar-refractivity contribution in [2.45, 2.75) is 39.7 Å². The van der Waals surface area contributed by atoms with E-state index in [9.17, 15) is 4.79 Å². The highest BCUT2D eigenvalue weighted by Crippen LogP contribution is 2.29. The van der Waals surface area contributed by atoms with Crippen molar-refractivity contribution < 1.29 is 4.79 Å². The predicted molar refractivity (Wildman–Crippen MR) is 53.2 cm³/mol. The average molecular weight is 184 g/mol. The first-order chi connectivity index (χ1) is 5.92. The third kappa shape index (κ3) is 2.69. The largest absolute Gasteiger partial charge is 0.368 e. The SMILES string of the molecule is CC(C(N)=O)N1CCCC(C)(C)C1. The molecule has 1 atom stereocenters. The van der Waals surface area contributed by atoms with Crippen LogP contribution in [0.15, 0.2) is 0 Å². The zero-order valence-corrected chi connectivity index (χ0v) is 8.84. The van der Waals surface area contributed by atoms with Gasteiger partial charge in [-0.2, -0.15) is 0 Å². The number of rotatable bonds is 2. The maximum Gasteiger partial charge on any atom is 0.234 e. The number of hydrogen-bond acceptors (Lipinski definition) is 2. The fraction of sp³-hybridized carbons (Fsp3) is 0.900.